The Morgan fingerprint density at radius 2 is 0.910 bits per heavy atom. The van der Waals surface area contributed by atoms with Crippen LogP contribution in [0.25, 0.3) is 9.95 Å². The molecule has 16 atom stereocenters. The van der Waals surface area contributed by atoms with Crippen molar-refractivity contribution in [2.45, 2.75) is 137 Å². The third-order valence-corrected chi connectivity index (χ3v) is 18.1. The second-order valence-electron chi connectivity index (χ2n) is 22.3. The summed E-state index contributed by atoms with van der Waals surface area (Å²) in [6.45, 7) is 6.52. The van der Waals surface area contributed by atoms with Crippen LogP contribution in [-0.2, 0) is 40.0 Å². The first-order valence-electron chi connectivity index (χ1n) is 25.7. The number of ether oxygens (including phenoxy) is 6. The Balaban J connectivity index is 1.17. The molecule has 4 aliphatic heterocycles. The summed E-state index contributed by atoms with van der Waals surface area (Å²) in [4.78, 5) is 71.3. The molecule has 0 aromatic heterocycles. The third-order valence-electron chi connectivity index (χ3n) is 18.1. The molecule has 12 rings (SSSR count). The smallest absolute Gasteiger partial charge is 0.313 e. The van der Waals surface area contributed by atoms with E-state index in [1.54, 1.807) is 65.7 Å². The second-order valence-corrected chi connectivity index (χ2v) is 22.3. The summed E-state index contributed by atoms with van der Waals surface area (Å²) in [5.41, 5.74) is -13.2. The Kier molecular flexibility index (Phi) is 11.3. The Morgan fingerprint density at radius 3 is 1.19 bits per heavy atom. The zero-order chi connectivity index (χ0) is 56.1. The van der Waals surface area contributed by atoms with Crippen LogP contribution in [-0.4, -0.2) is 162 Å². The highest BCUT2D eigenvalue weighted by molar-refractivity contribution is 6.34. The minimum atomic E-state index is -3.03. The third kappa shape index (κ3) is 6.17. The van der Waals surface area contributed by atoms with E-state index < -0.39 is 220 Å². The molecule has 24 nitrogen and oxygen atoms in total. The van der Waals surface area contributed by atoms with Crippen molar-refractivity contribution in [2.24, 2.45) is 11.8 Å². The number of aliphatic hydroxyl groups is 4. The summed E-state index contributed by atoms with van der Waals surface area (Å²) in [6, 6.07) is 2.79. The van der Waals surface area contributed by atoms with E-state index in [4.69, 9.17) is 28.4 Å². The molecular weight excluding hydrogens is 1020 g/mol. The Bertz CT molecular complexity index is 3220. The van der Waals surface area contributed by atoms with Crippen LogP contribution in [0.4, 0.5) is 11.4 Å². The lowest BCUT2D eigenvalue weighted by Crippen LogP contribution is -2.59. The number of diazo groups is 2. The molecule has 0 amide bonds. The number of hydrogen-bond acceptors (Lipinski definition) is 22. The standard InChI is InChI=1S/C54H56N6O18/c1-9-51-47-48-52(10-2,50(76-26-16-24(66)42(60(7)8)18(4)74-26)36-38(54(48,72)77-51)32-34(40(36)58-56)46(70)30-22(64)14-12-20(62)28(30)44(32)68)78-53(47,71)37-31-33(45(69)29-21(63)13-11-19(61)27(29)43(31)67)39(57-55)35(37)49(51)75-25-15-23(65)41(59(5)6)17(3)73-25/h11-14,17-18,23-26,41-42,47-50,61-66,71-72H,9-10,15-16H2,1-8H3/t17-,18-,23-,24-,25+,26+,41-,42-,47-,48-,49-,50-,51+,52+,53+,54+/m1/s1. The molecule has 410 valence electrons. The predicted octanol–water partition coefficient (Wildman–Crippen LogP) is 4.04. The van der Waals surface area contributed by atoms with Gasteiger partial charge in [0, 0.05) is 24.0 Å². The molecule has 4 fully saturated rings. The van der Waals surface area contributed by atoms with Crippen molar-refractivity contribution in [3.05, 3.63) is 101 Å². The van der Waals surface area contributed by atoms with Gasteiger partial charge in [-0.3, -0.25) is 0 Å². The van der Waals surface area contributed by atoms with Gasteiger partial charge in [0.25, 0.3) is 0 Å². The molecule has 0 bridgehead atoms. The van der Waals surface area contributed by atoms with Gasteiger partial charge in [-0.1, -0.05) is 36.1 Å². The molecule has 8 N–H and O–H groups in total. The van der Waals surface area contributed by atoms with Crippen molar-refractivity contribution in [3.63, 3.8) is 0 Å². The molecule has 4 aliphatic carbocycles. The SMILES string of the molecule is CC[C@@]12O[C@@]3(O)c4c5c([c-]([N+]#N)c4[C@@H](O[C@H]4C[C@@H](O)[C@H](N(C)C)[C@@H](C)O4)[C@@]4(CC)O[C@@](O)(c6c7c([c-]([N+]#N)c6[C@H]1O[C@H]1C[C@@H](O)[C@H](N(C)C)[C@@H](C)O1)C(=O)c1c(O)ccc(O)c1C7=O)[C@@H]2[C@H]43)C(=O)c1c(O)ccc(O)c1C5=O. The van der Waals surface area contributed by atoms with Gasteiger partial charge in [-0.15, -0.1) is 0 Å². The highest BCUT2D eigenvalue weighted by atomic mass is 16.7. The van der Waals surface area contributed by atoms with Gasteiger partial charge in [0.1, 0.15) is 79.5 Å². The van der Waals surface area contributed by atoms with Crippen LogP contribution in [0.3, 0.4) is 0 Å². The summed E-state index contributed by atoms with van der Waals surface area (Å²) in [5, 5.41) is 119. The van der Waals surface area contributed by atoms with E-state index in [-0.39, 0.29) is 25.7 Å². The number of carbonyl (C=O) groups is 4. The van der Waals surface area contributed by atoms with Crippen LogP contribution in [0.1, 0.15) is 152 Å². The largest absolute Gasteiger partial charge is 0.508 e. The fourth-order valence-electron chi connectivity index (χ4n) is 15.4. The first-order chi connectivity index (χ1) is 36.8. The van der Waals surface area contributed by atoms with Gasteiger partial charge in [0.05, 0.1) is 59.5 Å². The van der Waals surface area contributed by atoms with Gasteiger partial charge in [-0.25, -0.2) is 0 Å². The fraction of sp³-hybridized carbons (Fsp3) is 0.519. The van der Waals surface area contributed by atoms with Crippen LogP contribution in [0.5, 0.6) is 23.0 Å². The van der Waals surface area contributed by atoms with E-state index in [1.165, 1.54) is 0 Å². The number of benzene rings is 2. The highest BCUT2D eigenvalue weighted by Crippen LogP contribution is 2.80. The van der Waals surface area contributed by atoms with Gasteiger partial charge in [0.2, 0.25) is 10.8 Å². The number of nitrogens with zero attached hydrogens (tertiary/aromatic N) is 6. The number of hydrogen-bond donors (Lipinski definition) is 8. The normalized spacial score (nSPS) is 36.8. The molecule has 0 radical (unpaired) electrons. The van der Waals surface area contributed by atoms with Gasteiger partial charge < -0.3 is 98.3 Å². The van der Waals surface area contributed by atoms with Crippen LogP contribution in [0, 0.1) is 22.6 Å². The van der Waals surface area contributed by atoms with E-state index in [0.29, 0.717) is 0 Å². The number of aromatic hydroxyl groups is 4. The zero-order valence-corrected chi connectivity index (χ0v) is 43.4. The van der Waals surface area contributed by atoms with Gasteiger partial charge >= 0.3 is 11.4 Å². The number of ketones is 4. The predicted molar refractivity (Wildman–Crippen MR) is 262 cm³/mol. The Labute approximate surface area is 443 Å². The van der Waals surface area contributed by atoms with Crippen molar-refractivity contribution < 1.29 is 88.5 Å². The quantitative estimate of drug-likeness (QED) is 0.0605. The van der Waals surface area contributed by atoms with E-state index in [0.717, 1.165) is 24.3 Å². The summed E-state index contributed by atoms with van der Waals surface area (Å²) in [6.07, 6.45) is -11.4. The average Bonchev–Trinajstić information content (AvgIpc) is 2.05. The molecule has 8 aliphatic rings. The molecule has 24 heteroatoms. The van der Waals surface area contributed by atoms with Crippen LogP contribution in [0.15, 0.2) is 24.3 Å². The first-order valence-corrected chi connectivity index (χ1v) is 25.7. The van der Waals surface area contributed by atoms with E-state index in [9.17, 15) is 61.2 Å². The zero-order valence-electron chi connectivity index (χ0n) is 43.4. The molecule has 4 heterocycles. The van der Waals surface area contributed by atoms with Gasteiger partial charge in [-0.05, 0) is 101 Å². The number of aliphatic hydroxyl groups excluding tert-OH is 2. The number of rotatable bonds is 8. The lowest BCUT2D eigenvalue weighted by atomic mass is 9.57. The Morgan fingerprint density at radius 1 is 0.590 bits per heavy atom. The van der Waals surface area contributed by atoms with Crippen LogP contribution in [0.2, 0.25) is 0 Å². The minimum absolute atomic E-state index is 0.238. The minimum Gasteiger partial charge on any atom is -0.508 e. The monoisotopic (exact) mass is 1080 g/mol. The van der Waals surface area contributed by atoms with Crippen molar-refractivity contribution in [1.82, 2.24) is 9.80 Å². The van der Waals surface area contributed by atoms with Crippen LogP contribution < -0.4 is 0 Å². The number of fused-ring (bicyclic) bond motifs is 10. The summed E-state index contributed by atoms with van der Waals surface area (Å²) < 4.78 is 41.4. The first kappa shape index (κ1) is 52.1. The maximum Gasteiger partial charge on any atom is 0.313 e. The maximum absolute atomic E-state index is 15.4. The lowest BCUT2D eigenvalue weighted by Gasteiger charge is -2.55. The summed E-state index contributed by atoms with van der Waals surface area (Å²) >= 11 is 0. The Hall–Kier alpha value is -6.62. The molecule has 78 heavy (non-hydrogen) atoms. The number of carbonyl (C=O) groups excluding carboxylic acids is 4. The second kappa shape index (κ2) is 16.9. The van der Waals surface area contributed by atoms with Gasteiger partial charge in [0.15, 0.2) is 24.2 Å². The fourth-order valence-corrected chi connectivity index (χ4v) is 15.4. The number of likely N-dealkylation sites (N-methyl/N-ethyl adjacent to an activating group) is 2. The van der Waals surface area contributed by atoms with E-state index in [1.807, 2.05) is 0 Å². The van der Waals surface area contributed by atoms with E-state index in [2.05, 4.69) is 9.95 Å². The molecule has 4 aromatic rings. The summed E-state index contributed by atoms with van der Waals surface area (Å²) in [7, 11) is 6.96. The van der Waals surface area contributed by atoms with Crippen molar-refractivity contribution in [2.75, 3.05) is 28.2 Å². The molecule has 0 saturated carbocycles. The number of phenols is 4. The van der Waals surface area contributed by atoms with Crippen molar-refractivity contribution in [1.29, 1.82) is 10.8 Å². The molecule has 4 saturated heterocycles. The highest BCUT2D eigenvalue weighted by Gasteiger charge is 2.85. The van der Waals surface area contributed by atoms with Crippen molar-refractivity contribution >= 4 is 34.5 Å². The number of phenolic OH excluding ortho intramolecular Hbond substituents is 4. The molecule has 4 aromatic carbocycles. The average molecular weight is 1080 g/mol. The maximum atomic E-state index is 15.4. The summed E-state index contributed by atoms with van der Waals surface area (Å²) in [5.74, 6) is -17.1. The van der Waals surface area contributed by atoms with E-state index >= 15 is 9.59 Å². The molecule has 0 spiro atoms. The molecule has 0 unspecified atom stereocenters. The lowest BCUT2D eigenvalue weighted by molar-refractivity contribution is -0.376. The van der Waals surface area contributed by atoms with Crippen molar-refractivity contribution in [3.8, 4) is 23.0 Å². The molecular formula is C54H56N6O18. The van der Waals surface area contributed by atoms with Gasteiger partial charge in [-0.2, -0.15) is 0 Å². The topological polar surface area (TPSA) is 348 Å². The van der Waals surface area contributed by atoms with Crippen LogP contribution >= 0.6 is 0 Å².